The predicted molar refractivity (Wildman–Crippen MR) is 77.5 cm³/mol. The molecule has 0 radical (unpaired) electrons. The second-order valence-electron chi connectivity index (χ2n) is 5.41. The Balaban J connectivity index is 2.30. The van der Waals surface area contributed by atoms with Gasteiger partial charge in [-0.2, -0.15) is 0 Å². The summed E-state index contributed by atoms with van der Waals surface area (Å²) in [5.41, 5.74) is 1.02. The summed E-state index contributed by atoms with van der Waals surface area (Å²) in [6.07, 6.45) is 0. The molecule has 6 heteroatoms. The number of likely N-dealkylation sites (N-methyl/N-ethyl adjacent to an activating group) is 1. The Morgan fingerprint density at radius 1 is 1.38 bits per heavy atom. The number of nitrogens with zero attached hydrogens (tertiary/aromatic N) is 2. The van der Waals surface area contributed by atoms with Crippen LogP contribution >= 0.6 is 0 Å². The van der Waals surface area contributed by atoms with Crippen LogP contribution in [0.1, 0.15) is 15.9 Å². The Bertz CT molecular complexity index is 560. The van der Waals surface area contributed by atoms with E-state index in [1.807, 2.05) is 0 Å². The number of rotatable bonds is 2. The molecule has 1 aliphatic rings. The van der Waals surface area contributed by atoms with Gasteiger partial charge in [-0.05, 0) is 24.6 Å². The van der Waals surface area contributed by atoms with Crippen molar-refractivity contribution in [2.24, 2.45) is 0 Å². The zero-order chi connectivity index (χ0) is 15.6. The van der Waals surface area contributed by atoms with E-state index in [-0.39, 0.29) is 11.8 Å². The smallest absolute Gasteiger partial charge is 0.255 e. The van der Waals surface area contributed by atoms with Crippen LogP contribution in [0, 0.1) is 12.7 Å². The summed E-state index contributed by atoms with van der Waals surface area (Å²) in [7, 11) is 3.32. The third-order valence-electron chi connectivity index (χ3n) is 3.66. The molecule has 1 aromatic rings. The lowest BCUT2D eigenvalue weighted by Crippen LogP contribution is -2.59. The maximum atomic E-state index is 13.4. The van der Waals surface area contributed by atoms with Crippen LogP contribution in [0.4, 0.5) is 4.39 Å². The van der Waals surface area contributed by atoms with Gasteiger partial charge in [0.15, 0.2) is 0 Å². The molecule has 0 aromatic heterocycles. The van der Waals surface area contributed by atoms with Gasteiger partial charge in [0.1, 0.15) is 11.9 Å². The fourth-order valence-corrected chi connectivity index (χ4v) is 2.45. The molecule has 0 spiro atoms. The van der Waals surface area contributed by atoms with Gasteiger partial charge < -0.3 is 15.1 Å². The quantitative estimate of drug-likeness (QED) is 0.870. The van der Waals surface area contributed by atoms with E-state index in [2.05, 4.69) is 5.32 Å². The predicted octanol–water partition coefficient (Wildman–Crippen LogP) is 0.636. The van der Waals surface area contributed by atoms with E-state index in [1.54, 1.807) is 27.1 Å². The summed E-state index contributed by atoms with van der Waals surface area (Å²) in [6, 6.07) is 3.58. The summed E-state index contributed by atoms with van der Waals surface area (Å²) in [5.74, 6) is -0.882. The number of hydrogen-bond acceptors (Lipinski definition) is 3. The van der Waals surface area contributed by atoms with Crippen LogP contribution in [-0.2, 0) is 4.79 Å². The van der Waals surface area contributed by atoms with Gasteiger partial charge in [0.25, 0.3) is 5.91 Å². The van der Waals surface area contributed by atoms with Gasteiger partial charge in [0.2, 0.25) is 5.91 Å². The highest BCUT2D eigenvalue weighted by Gasteiger charge is 2.33. The Morgan fingerprint density at radius 3 is 2.76 bits per heavy atom. The van der Waals surface area contributed by atoms with Crippen molar-refractivity contribution < 1.29 is 14.0 Å². The molecule has 2 rings (SSSR count). The van der Waals surface area contributed by atoms with Crippen molar-refractivity contribution >= 4 is 11.8 Å². The fourth-order valence-electron chi connectivity index (χ4n) is 2.45. The highest BCUT2D eigenvalue weighted by molar-refractivity contribution is 5.98. The normalized spacial score (nSPS) is 18.5. The molecular formula is C15H20FN3O2. The summed E-state index contributed by atoms with van der Waals surface area (Å²) in [4.78, 5) is 27.9. The first kappa shape index (κ1) is 15.4. The van der Waals surface area contributed by atoms with E-state index in [1.165, 1.54) is 21.9 Å². The molecule has 1 saturated heterocycles. The Morgan fingerprint density at radius 2 is 2.10 bits per heavy atom. The molecule has 1 unspecified atom stereocenters. The van der Waals surface area contributed by atoms with Crippen LogP contribution < -0.4 is 5.32 Å². The van der Waals surface area contributed by atoms with Gasteiger partial charge in [0.05, 0.1) is 0 Å². The van der Waals surface area contributed by atoms with E-state index in [0.717, 1.165) is 0 Å². The molecule has 1 atom stereocenters. The summed E-state index contributed by atoms with van der Waals surface area (Å²) >= 11 is 0. The lowest BCUT2D eigenvalue weighted by atomic mass is 10.0. The van der Waals surface area contributed by atoms with Crippen molar-refractivity contribution in [3.05, 3.63) is 35.1 Å². The number of piperazine rings is 1. The molecule has 2 amide bonds. The maximum absolute atomic E-state index is 13.4. The first-order valence-corrected chi connectivity index (χ1v) is 6.91. The third-order valence-corrected chi connectivity index (χ3v) is 3.66. The number of aryl methyl sites for hydroxylation is 1. The topological polar surface area (TPSA) is 52.7 Å². The average Bonchev–Trinajstić information content (AvgIpc) is 2.48. The van der Waals surface area contributed by atoms with Gasteiger partial charge in [-0.3, -0.25) is 9.59 Å². The third kappa shape index (κ3) is 3.21. The van der Waals surface area contributed by atoms with Crippen molar-refractivity contribution in [1.82, 2.24) is 15.1 Å². The molecule has 1 fully saturated rings. The second kappa shape index (κ2) is 6.22. The number of nitrogens with one attached hydrogen (secondary N) is 1. The van der Waals surface area contributed by atoms with E-state index < -0.39 is 11.9 Å². The zero-order valence-electron chi connectivity index (χ0n) is 12.5. The molecular weight excluding hydrogens is 273 g/mol. The van der Waals surface area contributed by atoms with Crippen LogP contribution in [0.25, 0.3) is 0 Å². The molecule has 1 aromatic carbocycles. The summed E-state index contributed by atoms with van der Waals surface area (Å²) in [6.45, 7) is 3.23. The molecule has 1 N–H and O–H groups in total. The first-order chi connectivity index (χ1) is 9.91. The number of hydrogen-bond donors (Lipinski definition) is 1. The molecule has 114 valence electrons. The Hall–Kier alpha value is -1.95. The highest BCUT2D eigenvalue weighted by atomic mass is 19.1. The van der Waals surface area contributed by atoms with Crippen LogP contribution in [0.3, 0.4) is 0 Å². The number of halogens is 1. The SMILES string of the molecule is Cc1ccc(F)cc1C(=O)N1CCNCC1C(=O)N(C)C. The van der Waals surface area contributed by atoms with Gasteiger partial charge >= 0.3 is 0 Å². The number of carbonyl (C=O) groups is 2. The van der Waals surface area contributed by atoms with Crippen molar-refractivity contribution in [2.45, 2.75) is 13.0 Å². The van der Waals surface area contributed by atoms with Gasteiger partial charge in [-0.25, -0.2) is 4.39 Å². The maximum Gasteiger partial charge on any atom is 0.255 e. The van der Waals surface area contributed by atoms with E-state index in [0.29, 0.717) is 30.8 Å². The van der Waals surface area contributed by atoms with Crippen LogP contribution in [0.5, 0.6) is 0 Å². The molecule has 1 heterocycles. The van der Waals surface area contributed by atoms with Crippen LogP contribution in [-0.4, -0.2) is 61.4 Å². The molecule has 5 nitrogen and oxygen atoms in total. The molecule has 0 saturated carbocycles. The van der Waals surface area contributed by atoms with Crippen molar-refractivity contribution in [1.29, 1.82) is 0 Å². The summed E-state index contributed by atoms with van der Waals surface area (Å²) in [5, 5.41) is 3.12. The van der Waals surface area contributed by atoms with E-state index in [9.17, 15) is 14.0 Å². The lowest BCUT2D eigenvalue weighted by Gasteiger charge is -2.36. The van der Waals surface area contributed by atoms with Crippen molar-refractivity contribution in [3.63, 3.8) is 0 Å². The number of carbonyl (C=O) groups excluding carboxylic acids is 2. The number of benzene rings is 1. The van der Waals surface area contributed by atoms with Crippen LogP contribution in [0.15, 0.2) is 18.2 Å². The zero-order valence-corrected chi connectivity index (χ0v) is 12.5. The average molecular weight is 293 g/mol. The van der Waals surface area contributed by atoms with Crippen LogP contribution in [0.2, 0.25) is 0 Å². The molecule has 21 heavy (non-hydrogen) atoms. The summed E-state index contributed by atoms with van der Waals surface area (Å²) < 4.78 is 13.4. The van der Waals surface area contributed by atoms with E-state index in [4.69, 9.17) is 0 Å². The van der Waals surface area contributed by atoms with Crippen molar-refractivity contribution in [3.8, 4) is 0 Å². The Labute approximate surface area is 123 Å². The minimum absolute atomic E-state index is 0.135. The highest BCUT2D eigenvalue weighted by Crippen LogP contribution is 2.16. The van der Waals surface area contributed by atoms with Crippen molar-refractivity contribution in [2.75, 3.05) is 33.7 Å². The standard InChI is InChI=1S/C15H20FN3O2/c1-10-4-5-11(16)8-12(10)14(20)19-7-6-17-9-13(19)15(21)18(2)3/h4-5,8,13,17H,6-7,9H2,1-3H3. The lowest BCUT2D eigenvalue weighted by molar-refractivity contribution is -0.134. The van der Waals surface area contributed by atoms with Gasteiger partial charge in [0, 0.05) is 39.3 Å². The molecule has 1 aliphatic heterocycles. The number of amides is 2. The monoisotopic (exact) mass is 293 g/mol. The first-order valence-electron chi connectivity index (χ1n) is 6.91. The van der Waals surface area contributed by atoms with Gasteiger partial charge in [-0.1, -0.05) is 6.07 Å². The van der Waals surface area contributed by atoms with E-state index >= 15 is 0 Å². The largest absolute Gasteiger partial charge is 0.347 e. The fraction of sp³-hybridized carbons (Fsp3) is 0.467. The van der Waals surface area contributed by atoms with Gasteiger partial charge in [-0.15, -0.1) is 0 Å². The molecule has 0 bridgehead atoms. The second-order valence-corrected chi connectivity index (χ2v) is 5.41. The minimum atomic E-state index is -0.552. The minimum Gasteiger partial charge on any atom is -0.347 e. The Kier molecular flexibility index (Phi) is 4.57. The molecule has 0 aliphatic carbocycles.